The molecule has 38 heavy (non-hydrogen) atoms. The lowest BCUT2D eigenvalue weighted by Crippen LogP contribution is -2.43. The second-order valence-electron chi connectivity index (χ2n) is 11.4. The molecule has 0 aliphatic carbocycles. The number of carbonyl (C=O) groups is 2. The highest BCUT2D eigenvalue weighted by Crippen LogP contribution is 2.38. The van der Waals surface area contributed by atoms with Crippen molar-refractivity contribution in [2.75, 3.05) is 25.5 Å². The van der Waals surface area contributed by atoms with Crippen LogP contribution in [-0.4, -0.2) is 46.5 Å². The molecule has 0 bridgehead atoms. The van der Waals surface area contributed by atoms with E-state index in [1.165, 1.54) is 18.7 Å². The highest BCUT2D eigenvalue weighted by atomic mass is 16.5. The van der Waals surface area contributed by atoms with Gasteiger partial charge in [0.1, 0.15) is 11.4 Å². The van der Waals surface area contributed by atoms with Gasteiger partial charge < -0.3 is 19.5 Å². The number of fused-ring (bicyclic) bond motifs is 1. The predicted molar refractivity (Wildman–Crippen MR) is 148 cm³/mol. The molecule has 1 aliphatic heterocycles. The van der Waals surface area contributed by atoms with Crippen molar-refractivity contribution in [3.05, 3.63) is 52.8 Å². The Morgan fingerprint density at radius 2 is 1.92 bits per heavy atom. The van der Waals surface area contributed by atoms with Crippen LogP contribution in [0.2, 0.25) is 0 Å². The third kappa shape index (κ3) is 5.10. The van der Waals surface area contributed by atoms with Crippen LogP contribution in [0.1, 0.15) is 73.5 Å². The summed E-state index contributed by atoms with van der Waals surface area (Å²) in [6.07, 6.45) is 5.58. The molecule has 1 unspecified atom stereocenters. The minimum atomic E-state index is -0.361. The molecule has 4 rings (SSSR count). The first-order valence-electron chi connectivity index (χ1n) is 13.1. The molecule has 1 atom stereocenters. The van der Waals surface area contributed by atoms with E-state index in [4.69, 9.17) is 4.74 Å². The van der Waals surface area contributed by atoms with Gasteiger partial charge in [-0.1, -0.05) is 27.7 Å². The van der Waals surface area contributed by atoms with E-state index in [0.717, 1.165) is 42.5 Å². The van der Waals surface area contributed by atoms with Crippen LogP contribution in [0, 0.1) is 29.6 Å². The van der Waals surface area contributed by atoms with Gasteiger partial charge in [-0.15, -0.1) is 0 Å². The molecular formula is C30H37N5O3. The summed E-state index contributed by atoms with van der Waals surface area (Å²) in [6, 6.07) is 6.83. The molecule has 1 saturated heterocycles. The molecule has 3 aromatic rings. The highest BCUT2D eigenvalue weighted by Gasteiger charge is 2.33. The molecule has 1 N–H and O–H groups in total. The minimum absolute atomic E-state index is 0.0262. The van der Waals surface area contributed by atoms with E-state index >= 15 is 0 Å². The lowest BCUT2D eigenvalue weighted by atomic mass is 9.80. The van der Waals surface area contributed by atoms with Crippen LogP contribution in [0.5, 0.6) is 5.75 Å². The number of pyridine rings is 1. The summed E-state index contributed by atoms with van der Waals surface area (Å²) in [5, 5.41) is 13.3. The zero-order chi connectivity index (χ0) is 27.8. The van der Waals surface area contributed by atoms with Gasteiger partial charge in [0, 0.05) is 37.6 Å². The lowest BCUT2D eigenvalue weighted by molar-refractivity contribution is -0.139. The van der Waals surface area contributed by atoms with Crippen LogP contribution in [0.3, 0.4) is 0 Å². The standard InChI is InChI=1S/C30H37N5O3/c1-18-24(33-28(36)22-14-20(15-31)8-9-25(22)38-7)16-32-27-26(18)23(17-34(27)6)21-10-12-35(13-11-21)29(37)19(2)30(3,4)5/h8-9,14,16-17,19,21H,10-13H2,1-7H3,(H,33,36). The van der Waals surface area contributed by atoms with Crippen LogP contribution in [0.15, 0.2) is 30.6 Å². The minimum Gasteiger partial charge on any atom is -0.496 e. The van der Waals surface area contributed by atoms with Crippen molar-refractivity contribution >= 4 is 28.5 Å². The number of hydrogen-bond acceptors (Lipinski definition) is 5. The average Bonchev–Trinajstić information content (AvgIpc) is 3.25. The molecule has 1 aliphatic rings. The molecule has 2 aromatic heterocycles. The largest absolute Gasteiger partial charge is 0.496 e. The summed E-state index contributed by atoms with van der Waals surface area (Å²) in [7, 11) is 3.48. The van der Waals surface area contributed by atoms with Crippen LogP contribution >= 0.6 is 0 Å². The normalized spacial score (nSPS) is 15.3. The van der Waals surface area contributed by atoms with Gasteiger partial charge in [-0.05, 0) is 60.4 Å². The Kier molecular flexibility index (Phi) is 7.50. The quantitative estimate of drug-likeness (QED) is 0.490. The van der Waals surface area contributed by atoms with Crippen molar-refractivity contribution < 1.29 is 14.3 Å². The van der Waals surface area contributed by atoms with Gasteiger partial charge in [0.15, 0.2) is 0 Å². The third-order valence-corrected chi connectivity index (χ3v) is 8.01. The molecule has 0 spiro atoms. The number of aryl methyl sites for hydroxylation is 2. The maximum atomic E-state index is 13.2. The van der Waals surface area contributed by atoms with Crippen LogP contribution in [-0.2, 0) is 11.8 Å². The van der Waals surface area contributed by atoms with Crippen molar-refractivity contribution in [1.29, 1.82) is 5.26 Å². The molecule has 200 valence electrons. The Hall–Kier alpha value is -3.86. The fourth-order valence-corrected chi connectivity index (χ4v) is 5.17. The number of methoxy groups -OCH3 is 1. The number of anilines is 1. The van der Waals surface area contributed by atoms with Gasteiger partial charge in [-0.3, -0.25) is 9.59 Å². The molecule has 8 heteroatoms. The number of nitrogens with one attached hydrogen (secondary N) is 1. The van der Waals surface area contributed by atoms with E-state index in [0.29, 0.717) is 28.5 Å². The number of carbonyl (C=O) groups excluding carboxylic acids is 2. The molecule has 0 saturated carbocycles. The first-order chi connectivity index (χ1) is 18.0. The number of piperidine rings is 1. The number of likely N-dealkylation sites (tertiary alicyclic amines) is 1. The van der Waals surface area contributed by atoms with Gasteiger partial charge in [0.05, 0.1) is 36.2 Å². The van der Waals surface area contributed by atoms with E-state index in [9.17, 15) is 14.9 Å². The Labute approximate surface area is 224 Å². The monoisotopic (exact) mass is 515 g/mol. The molecule has 0 radical (unpaired) electrons. The van der Waals surface area contributed by atoms with Gasteiger partial charge in [-0.2, -0.15) is 5.26 Å². The number of nitrogens with zero attached hydrogens (tertiary/aromatic N) is 4. The Morgan fingerprint density at radius 3 is 2.53 bits per heavy atom. The van der Waals surface area contributed by atoms with Gasteiger partial charge in [0.25, 0.3) is 5.91 Å². The number of hydrogen-bond donors (Lipinski definition) is 1. The molecule has 3 heterocycles. The molecule has 8 nitrogen and oxygen atoms in total. The fraction of sp³-hybridized carbons (Fsp3) is 0.467. The van der Waals surface area contributed by atoms with Crippen LogP contribution in [0.4, 0.5) is 5.69 Å². The number of ether oxygens (including phenoxy) is 1. The van der Waals surface area contributed by atoms with E-state index in [-0.39, 0.29) is 23.1 Å². The van der Waals surface area contributed by atoms with Crippen molar-refractivity contribution in [1.82, 2.24) is 14.5 Å². The summed E-state index contributed by atoms with van der Waals surface area (Å²) in [6.45, 7) is 11.8. The molecule has 1 fully saturated rings. The lowest BCUT2D eigenvalue weighted by Gasteiger charge is -2.37. The summed E-state index contributed by atoms with van der Waals surface area (Å²) >= 11 is 0. The number of rotatable bonds is 5. The number of benzene rings is 1. The van der Waals surface area contributed by atoms with Crippen LogP contribution < -0.4 is 10.1 Å². The maximum absolute atomic E-state index is 13.2. The maximum Gasteiger partial charge on any atom is 0.259 e. The Balaban J connectivity index is 1.59. The zero-order valence-electron chi connectivity index (χ0n) is 23.4. The van der Waals surface area contributed by atoms with E-state index < -0.39 is 0 Å². The van der Waals surface area contributed by atoms with Gasteiger partial charge >= 0.3 is 0 Å². The third-order valence-electron chi connectivity index (χ3n) is 8.01. The number of nitriles is 1. The summed E-state index contributed by atoms with van der Waals surface area (Å²) in [5.74, 6) is 0.539. The summed E-state index contributed by atoms with van der Waals surface area (Å²) < 4.78 is 7.38. The summed E-state index contributed by atoms with van der Waals surface area (Å²) in [4.78, 5) is 32.9. The Bertz CT molecular complexity index is 1420. The smallest absolute Gasteiger partial charge is 0.259 e. The second kappa shape index (κ2) is 10.5. The van der Waals surface area contributed by atoms with Crippen molar-refractivity contribution in [2.45, 2.75) is 53.4 Å². The first-order valence-corrected chi connectivity index (χ1v) is 13.1. The van der Waals surface area contributed by atoms with E-state index in [2.05, 4.69) is 43.3 Å². The molecule has 1 aromatic carbocycles. The van der Waals surface area contributed by atoms with Crippen molar-refractivity contribution in [2.24, 2.45) is 18.4 Å². The van der Waals surface area contributed by atoms with E-state index in [1.807, 2.05) is 30.4 Å². The van der Waals surface area contributed by atoms with Gasteiger partial charge in [0.2, 0.25) is 5.91 Å². The van der Waals surface area contributed by atoms with Gasteiger partial charge in [-0.25, -0.2) is 4.98 Å². The first kappa shape index (κ1) is 27.2. The molecule has 2 amide bonds. The van der Waals surface area contributed by atoms with Crippen molar-refractivity contribution in [3.63, 3.8) is 0 Å². The van der Waals surface area contributed by atoms with Crippen molar-refractivity contribution in [3.8, 4) is 11.8 Å². The highest BCUT2D eigenvalue weighted by molar-refractivity contribution is 6.07. The predicted octanol–water partition coefficient (Wildman–Crippen LogP) is 5.40. The molecular weight excluding hydrogens is 478 g/mol. The SMILES string of the molecule is COc1ccc(C#N)cc1C(=O)Nc1cnc2c(c(C3CCN(C(=O)C(C)C(C)(C)C)CC3)cn2C)c1C. The number of aromatic nitrogens is 2. The average molecular weight is 516 g/mol. The fourth-order valence-electron chi connectivity index (χ4n) is 5.17. The number of amides is 2. The zero-order valence-corrected chi connectivity index (χ0v) is 23.4. The van der Waals surface area contributed by atoms with Crippen LogP contribution in [0.25, 0.3) is 11.0 Å². The summed E-state index contributed by atoms with van der Waals surface area (Å²) in [5.41, 5.74) is 4.23. The van der Waals surface area contributed by atoms with E-state index in [1.54, 1.807) is 18.3 Å². The topological polar surface area (TPSA) is 100 Å². The second-order valence-corrected chi connectivity index (χ2v) is 11.4. The Morgan fingerprint density at radius 1 is 1.24 bits per heavy atom.